The molecule has 0 fully saturated rings. The first-order chi connectivity index (χ1) is 16.0. The van der Waals surface area contributed by atoms with Gasteiger partial charge in [0.1, 0.15) is 6.54 Å². The second kappa shape index (κ2) is 10.1. The molecule has 0 atom stereocenters. The average molecular weight is 504 g/mol. The summed E-state index contributed by atoms with van der Waals surface area (Å²) in [4.78, 5) is 22.8. The lowest BCUT2D eigenvalue weighted by Gasteiger charge is -2.21. The molecular weight excluding hydrogens is 482 g/mol. The molecule has 0 saturated carbocycles. The number of nitro benzene ring substituents is 1. The number of amides is 1. The van der Waals surface area contributed by atoms with Crippen molar-refractivity contribution in [1.29, 1.82) is 0 Å². The van der Waals surface area contributed by atoms with E-state index in [2.05, 4.69) is 10.5 Å². The fourth-order valence-corrected chi connectivity index (χ4v) is 4.38. The lowest BCUT2D eigenvalue weighted by molar-refractivity contribution is -0.384. The zero-order valence-electron chi connectivity index (χ0n) is 18.6. The summed E-state index contributed by atoms with van der Waals surface area (Å²) < 4.78 is 27.2. The van der Waals surface area contributed by atoms with Gasteiger partial charge in [-0.25, -0.2) is 13.8 Å². The molecule has 3 rings (SSSR count). The van der Waals surface area contributed by atoms with Crippen LogP contribution in [-0.2, 0) is 14.8 Å². The molecule has 1 heterocycles. The highest BCUT2D eigenvalue weighted by Crippen LogP contribution is 2.23. The number of carbonyl (C=O) groups is 1. The molecule has 3 aromatic rings. The minimum absolute atomic E-state index is 0.00217. The molecule has 34 heavy (non-hydrogen) atoms. The number of sulfonamides is 1. The number of nitro groups is 1. The van der Waals surface area contributed by atoms with Gasteiger partial charge in [0.25, 0.3) is 11.6 Å². The van der Waals surface area contributed by atoms with E-state index in [0.29, 0.717) is 5.02 Å². The van der Waals surface area contributed by atoms with Gasteiger partial charge in [0.05, 0.1) is 23.1 Å². The Balaban J connectivity index is 1.75. The highest BCUT2D eigenvalue weighted by molar-refractivity contribution is 7.92. The maximum Gasteiger partial charge on any atom is 0.271 e. The van der Waals surface area contributed by atoms with Crippen LogP contribution in [-0.4, -0.2) is 42.8 Å². The standard InChI is InChI=1S/C22H22ClN5O5S/c1-15-11-17(16(2)27(15)19-9-7-18(23)8-10-19)13-24-25-22(29)14-26(34(3,32)33)20-5-4-6-21(12-20)28(30)31/h4-13H,14H2,1-3H3,(H,25,29)/b24-13-. The Morgan fingerprint density at radius 1 is 1.21 bits per heavy atom. The second-order valence-corrected chi connectivity index (χ2v) is 9.82. The fourth-order valence-electron chi connectivity index (χ4n) is 3.41. The Kier molecular flexibility index (Phi) is 7.38. The molecule has 1 N–H and O–H groups in total. The number of hydrogen-bond acceptors (Lipinski definition) is 6. The first-order valence-electron chi connectivity index (χ1n) is 9.96. The maximum absolute atomic E-state index is 12.4. The molecule has 0 unspecified atom stereocenters. The molecule has 0 bridgehead atoms. The molecule has 0 aliphatic rings. The second-order valence-electron chi connectivity index (χ2n) is 7.48. The van der Waals surface area contributed by atoms with E-state index in [0.717, 1.165) is 39.3 Å². The summed E-state index contributed by atoms with van der Waals surface area (Å²) >= 11 is 5.97. The summed E-state index contributed by atoms with van der Waals surface area (Å²) in [5.74, 6) is -0.709. The third-order valence-electron chi connectivity index (χ3n) is 4.96. The van der Waals surface area contributed by atoms with E-state index in [4.69, 9.17) is 11.6 Å². The highest BCUT2D eigenvalue weighted by atomic mass is 35.5. The van der Waals surface area contributed by atoms with Crippen molar-refractivity contribution < 1.29 is 18.1 Å². The minimum Gasteiger partial charge on any atom is -0.318 e. The van der Waals surface area contributed by atoms with Crippen molar-refractivity contribution in [3.8, 4) is 5.69 Å². The van der Waals surface area contributed by atoms with Gasteiger partial charge in [0, 0.05) is 39.8 Å². The number of anilines is 1. The van der Waals surface area contributed by atoms with Gasteiger partial charge in [-0.1, -0.05) is 17.7 Å². The number of halogens is 1. The molecule has 0 aliphatic carbocycles. The highest BCUT2D eigenvalue weighted by Gasteiger charge is 2.22. The van der Waals surface area contributed by atoms with Crippen molar-refractivity contribution in [1.82, 2.24) is 9.99 Å². The number of hydrazone groups is 1. The fraction of sp³-hybridized carbons (Fsp3) is 0.182. The molecule has 1 amide bonds. The van der Waals surface area contributed by atoms with Crippen molar-refractivity contribution in [2.75, 3.05) is 17.1 Å². The summed E-state index contributed by atoms with van der Waals surface area (Å²) in [6.45, 7) is 3.24. The normalized spacial score (nSPS) is 11.5. The number of benzene rings is 2. The van der Waals surface area contributed by atoms with Crippen LogP contribution >= 0.6 is 11.6 Å². The molecule has 2 aromatic carbocycles. The first-order valence-corrected chi connectivity index (χ1v) is 12.2. The predicted octanol–water partition coefficient (Wildman–Crippen LogP) is 3.57. The van der Waals surface area contributed by atoms with Gasteiger partial charge < -0.3 is 4.57 Å². The number of nitrogens with zero attached hydrogens (tertiary/aromatic N) is 4. The van der Waals surface area contributed by atoms with E-state index >= 15 is 0 Å². The quantitative estimate of drug-likeness (QED) is 0.285. The van der Waals surface area contributed by atoms with Crippen LogP contribution in [0.1, 0.15) is 17.0 Å². The van der Waals surface area contributed by atoms with E-state index < -0.39 is 27.4 Å². The number of carbonyl (C=O) groups excluding carboxylic acids is 1. The lowest BCUT2D eigenvalue weighted by Crippen LogP contribution is -2.39. The van der Waals surface area contributed by atoms with Gasteiger partial charge in [0.15, 0.2) is 0 Å². The molecule has 0 saturated heterocycles. The van der Waals surface area contributed by atoms with Crippen LogP contribution in [0.4, 0.5) is 11.4 Å². The summed E-state index contributed by atoms with van der Waals surface area (Å²) in [6.07, 6.45) is 2.37. The van der Waals surface area contributed by atoms with Crippen molar-refractivity contribution in [2.45, 2.75) is 13.8 Å². The Hall–Kier alpha value is -3.70. The van der Waals surface area contributed by atoms with Crippen LogP contribution < -0.4 is 9.73 Å². The molecule has 12 heteroatoms. The monoisotopic (exact) mass is 503 g/mol. The molecule has 10 nitrogen and oxygen atoms in total. The van der Waals surface area contributed by atoms with E-state index in [-0.39, 0.29) is 11.4 Å². The number of non-ortho nitro benzene ring substituents is 1. The Labute approximate surface area is 201 Å². The molecular formula is C22H22ClN5O5S. The zero-order chi connectivity index (χ0) is 25.0. The van der Waals surface area contributed by atoms with E-state index in [9.17, 15) is 23.3 Å². The van der Waals surface area contributed by atoms with Crippen LogP contribution in [0.25, 0.3) is 5.69 Å². The lowest BCUT2D eigenvalue weighted by atomic mass is 10.2. The van der Waals surface area contributed by atoms with Crippen molar-refractivity contribution >= 4 is 45.1 Å². The van der Waals surface area contributed by atoms with Crippen LogP contribution in [0.3, 0.4) is 0 Å². The maximum atomic E-state index is 12.4. The summed E-state index contributed by atoms with van der Waals surface area (Å²) in [5.41, 5.74) is 5.52. The summed E-state index contributed by atoms with van der Waals surface area (Å²) in [7, 11) is -3.89. The van der Waals surface area contributed by atoms with E-state index in [1.54, 1.807) is 12.1 Å². The average Bonchev–Trinajstić information content (AvgIpc) is 3.05. The molecule has 1 aromatic heterocycles. The largest absolute Gasteiger partial charge is 0.318 e. The number of aromatic nitrogens is 1. The van der Waals surface area contributed by atoms with Crippen molar-refractivity contribution in [2.24, 2.45) is 5.10 Å². The van der Waals surface area contributed by atoms with Crippen LogP contribution in [0.15, 0.2) is 59.7 Å². The van der Waals surface area contributed by atoms with Gasteiger partial charge in [-0.3, -0.25) is 19.2 Å². The number of nitrogens with one attached hydrogen (secondary N) is 1. The summed E-state index contributed by atoms with van der Waals surface area (Å²) in [5, 5.41) is 15.6. The van der Waals surface area contributed by atoms with Crippen molar-refractivity contribution in [3.63, 3.8) is 0 Å². The van der Waals surface area contributed by atoms with E-state index in [1.807, 2.05) is 36.6 Å². The first kappa shape index (κ1) is 24.9. The molecule has 0 spiro atoms. The zero-order valence-corrected chi connectivity index (χ0v) is 20.2. The number of hydrogen-bond donors (Lipinski definition) is 1. The topological polar surface area (TPSA) is 127 Å². The molecule has 0 radical (unpaired) electrons. The van der Waals surface area contributed by atoms with Gasteiger partial charge in [-0.2, -0.15) is 5.10 Å². The number of rotatable bonds is 8. The Morgan fingerprint density at radius 3 is 2.50 bits per heavy atom. The van der Waals surface area contributed by atoms with E-state index in [1.165, 1.54) is 24.4 Å². The Morgan fingerprint density at radius 2 is 1.88 bits per heavy atom. The number of aryl methyl sites for hydroxylation is 1. The SMILES string of the molecule is Cc1cc(/C=N\NC(=O)CN(c2cccc([N+](=O)[O-])c2)S(C)(=O)=O)c(C)n1-c1ccc(Cl)cc1. The third kappa shape index (κ3) is 5.80. The van der Waals surface area contributed by atoms with Gasteiger partial charge in [-0.05, 0) is 50.2 Å². The minimum atomic E-state index is -3.89. The third-order valence-corrected chi connectivity index (χ3v) is 6.36. The van der Waals surface area contributed by atoms with Gasteiger partial charge in [-0.15, -0.1) is 0 Å². The van der Waals surface area contributed by atoms with Crippen LogP contribution in [0.2, 0.25) is 5.02 Å². The smallest absolute Gasteiger partial charge is 0.271 e. The predicted molar refractivity (Wildman–Crippen MR) is 131 cm³/mol. The molecule has 0 aliphatic heterocycles. The summed E-state index contributed by atoms with van der Waals surface area (Å²) in [6, 6.07) is 14.3. The molecule has 178 valence electrons. The van der Waals surface area contributed by atoms with Gasteiger partial charge >= 0.3 is 0 Å². The van der Waals surface area contributed by atoms with Crippen LogP contribution in [0, 0.1) is 24.0 Å². The van der Waals surface area contributed by atoms with Gasteiger partial charge in [0.2, 0.25) is 10.0 Å². The van der Waals surface area contributed by atoms with Crippen LogP contribution in [0.5, 0.6) is 0 Å². The Bertz CT molecular complexity index is 1370. The van der Waals surface area contributed by atoms with Crippen molar-refractivity contribution in [3.05, 3.63) is 86.7 Å².